The van der Waals surface area contributed by atoms with Crippen LogP contribution in [0.3, 0.4) is 0 Å². The van der Waals surface area contributed by atoms with Crippen molar-refractivity contribution < 1.29 is 19.4 Å². The molecule has 0 spiro atoms. The number of carbonyl (C=O) groups excluding carboxylic acids is 1. The third-order valence-electron chi connectivity index (χ3n) is 3.70. The zero-order valence-electron chi connectivity index (χ0n) is 11.9. The molecular formula is C13H24N2O4. The Labute approximate surface area is 113 Å². The van der Waals surface area contributed by atoms with Gasteiger partial charge in [-0.2, -0.15) is 0 Å². The lowest BCUT2D eigenvalue weighted by Gasteiger charge is -2.34. The smallest absolute Gasteiger partial charge is 0.329 e. The molecule has 0 atom stereocenters. The van der Waals surface area contributed by atoms with Crippen LogP contribution in [0.1, 0.15) is 46.0 Å². The standard InChI is InChI=1S/C13H24N2O4/c1-12(2,19-3)9-14-11(18)15-13(10(16)17)7-5-4-6-8-13/h4-9H2,1-3H3,(H,16,17)(H2,14,15,18). The predicted octanol–water partition coefficient (Wildman–Crippen LogP) is 1.50. The molecule has 0 aromatic rings. The van der Waals surface area contributed by atoms with E-state index in [2.05, 4.69) is 10.6 Å². The molecule has 1 fully saturated rings. The highest BCUT2D eigenvalue weighted by molar-refractivity contribution is 5.86. The number of nitrogens with one attached hydrogen (secondary N) is 2. The summed E-state index contributed by atoms with van der Waals surface area (Å²) < 4.78 is 5.19. The van der Waals surface area contributed by atoms with Crippen LogP contribution in [0.4, 0.5) is 4.79 Å². The third kappa shape index (κ3) is 4.38. The fraction of sp³-hybridized carbons (Fsp3) is 0.846. The van der Waals surface area contributed by atoms with Crippen LogP contribution in [0.2, 0.25) is 0 Å². The SMILES string of the molecule is COC(C)(C)CNC(=O)NC1(C(=O)O)CCCCC1. The molecule has 110 valence electrons. The summed E-state index contributed by atoms with van der Waals surface area (Å²) in [7, 11) is 1.57. The maximum Gasteiger partial charge on any atom is 0.329 e. The van der Waals surface area contributed by atoms with Gasteiger partial charge in [0, 0.05) is 13.7 Å². The van der Waals surface area contributed by atoms with Gasteiger partial charge in [0.25, 0.3) is 0 Å². The zero-order chi connectivity index (χ0) is 14.5. The first kappa shape index (κ1) is 15.8. The number of carboxylic acid groups (broad SMARTS) is 1. The molecule has 0 bridgehead atoms. The van der Waals surface area contributed by atoms with E-state index in [1.54, 1.807) is 7.11 Å². The summed E-state index contributed by atoms with van der Waals surface area (Å²) >= 11 is 0. The lowest BCUT2D eigenvalue weighted by atomic mass is 9.82. The first-order chi connectivity index (χ1) is 8.81. The summed E-state index contributed by atoms with van der Waals surface area (Å²) in [6.45, 7) is 4.02. The molecular weight excluding hydrogens is 248 g/mol. The van der Waals surface area contributed by atoms with Gasteiger partial charge in [-0.25, -0.2) is 9.59 Å². The molecule has 0 aromatic heterocycles. The van der Waals surface area contributed by atoms with Crippen LogP contribution in [-0.4, -0.2) is 41.9 Å². The van der Waals surface area contributed by atoms with E-state index >= 15 is 0 Å². The van der Waals surface area contributed by atoms with Crippen molar-refractivity contribution in [2.24, 2.45) is 0 Å². The number of hydrogen-bond donors (Lipinski definition) is 3. The highest BCUT2D eigenvalue weighted by Crippen LogP contribution is 2.28. The van der Waals surface area contributed by atoms with Gasteiger partial charge in [0.2, 0.25) is 0 Å². The highest BCUT2D eigenvalue weighted by Gasteiger charge is 2.41. The Bertz CT molecular complexity index is 336. The van der Waals surface area contributed by atoms with Gasteiger partial charge in [-0.15, -0.1) is 0 Å². The Balaban J connectivity index is 2.55. The molecule has 3 N–H and O–H groups in total. The first-order valence-electron chi connectivity index (χ1n) is 6.66. The lowest BCUT2D eigenvalue weighted by Crippen LogP contribution is -2.59. The van der Waals surface area contributed by atoms with Crippen molar-refractivity contribution in [1.29, 1.82) is 0 Å². The summed E-state index contributed by atoms with van der Waals surface area (Å²) in [6, 6.07) is -0.450. The molecule has 0 aliphatic heterocycles. The van der Waals surface area contributed by atoms with Gasteiger partial charge in [-0.1, -0.05) is 19.3 Å². The van der Waals surface area contributed by atoms with E-state index < -0.39 is 23.1 Å². The van der Waals surface area contributed by atoms with Gasteiger partial charge in [0.15, 0.2) is 0 Å². The molecule has 19 heavy (non-hydrogen) atoms. The molecule has 1 rings (SSSR count). The molecule has 1 aliphatic carbocycles. The first-order valence-corrected chi connectivity index (χ1v) is 6.66. The fourth-order valence-corrected chi connectivity index (χ4v) is 2.17. The Morgan fingerprint density at radius 2 is 1.84 bits per heavy atom. The van der Waals surface area contributed by atoms with Gasteiger partial charge in [0.05, 0.1) is 5.60 Å². The molecule has 0 radical (unpaired) electrons. The second-order valence-corrected chi connectivity index (χ2v) is 5.72. The van der Waals surface area contributed by atoms with Crippen LogP contribution in [-0.2, 0) is 9.53 Å². The molecule has 0 unspecified atom stereocenters. The van der Waals surface area contributed by atoms with Gasteiger partial charge in [-0.05, 0) is 26.7 Å². The molecule has 6 heteroatoms. The van der Waals surface area contributed by atoms with Crippen molar-refractivity contribution in [2.75, 3.05) is 13.7 Å². The summed E-state index contributed by atoms with van der Waals surface area (Å²) in [5.74, 6) is -0.951. The number of urea groups is 1. The number of carbonyl (C=O) groups is 2. The van der Waals surface area contributed by atoms with Crippen LogP contribution in [0.5, 0.6) is 0 Å². The molecule has 0 heterocycles. The van der Waals surface area contributed by atoms with Crippen LogP contribution in [0.25, 0.3) is 0 Å². The molecule has 2 amide bonds. The number of carboxylic acids is 1. The van der Waals surface area contributed by atoms with Gasteiger partial charge >= 0.3 is 12.0 Å². The van der Waals surface area contributed by atoms with E-state index in [0.29, 0.717) is 19.4 Å². The van der Waals surface area contributed by atoms with Crippen LogP contribution >= 0.6 is 0 Å². The average Bonchev–Trinajstić information content (AvgIpc) is 2.37. The van der Waals surface area contributed by atoms with Crippen molar-refractivity contribution in [3.63, 3.8) is 0 Å². The fourth-order valence-electron chi connectivity index (χ4n) is 2.17. The molecule has 0 aromatic carbocycles. The number of methoxy groups -OCH3 is 1. The number of amides is 2. The molecule has 1 saturated carbocycles. The zero-order valence-corrected chi connectivity index (χ0v) is 11.9. The quantitative estimate of drug-likeness (QED) is 0.707. The van der Waals surface area contributed by atoms with E-state index in [9.17, 15) is 14.7 Å². The minimum atomic E-state index is -1.11. The maximum absolute atomic E-state index is 11.8. The number of rotatable bonds is 5. The van der Waals surface area contributed by atoms with Crippen molar-refractivity contribution in [3.8, 4) is 0 Å². The van der Waals surface area contributed by atoms with E-state index in [4.69, 9.17) is 4.74 Å². The third-order valence-corrected chi connectivity index (χ3v) is 3.70. The number of aliphatic carboxylic acids is 1. The Morgan fingerprint density at radius 1 is 1.26 bits per heavy atom. The number of hydrogen-bond acceptors (Lipinski definition) is 3. The highest BCUT2D eigenvalue weighted by atomic mass is 16.5. The largest absolute Gasteiger partial charge is 0.480 e. The van der Waals surface area contributed by atoms with Gasteiger partial charge in [0.1, 0.15) is 5.54 Å². The Hall–Kier alpha value is -1.30. The second kappa shape index (κ2) is 6.23. The van der Waals surface area contributed by atoms with Gasteiger partial charge in [-0.3, -0.25) is 0 Å². The normalized spacial score (nSPS) is 18.7. The Morgan fingerprint density at radius 3 is 2.32 bits per heavy atom. The minimum Gasteiger partial charge on any atom is -0.480 e. The lowest BCUT2D eigenvalue weighted by molar-refractivity contribution is -0.145. The van der Waals surface area contributed by atoms with Gasteiger partial charge < -0.3 is 20.5 Å². The monoisotopic (exact) mass is 272 g/mol. The summed E-state index contributed by atoms with van der Waals surface area (Å²) in [5.41, 5.74) is -1.58. The summed E-state index contributed by atoms with van der Waals surface area (Å²) in [6.07, 6.45) is 3.66. The van der Waals surface area contributed by atoms with Crippen molar-refractivity contribution in [3.05, 3.63) is 0 Å². The average molecular weight is 272 g/mol. The second-order valence-electron chi connectivity index (χ2n) is 5.72. The minimum absolute atomic E-state index is 0.324. The Kier molecular flexibility index (Phi) is 5.17. The topological polar surface area (TPSA) is 87.7 Å². The van der Waals surface area contributed by atoms with Crippen molar-refractivity contribution in [1.82, 2.24) is 10.6 Å². The predicted molar refractivity (Wildman–Crippen MR) is 71.1 cm³/mol. The van der Waals surface area contributed by atoms with Crippen LogP contribution < -0.4 is 10.6 Å². The van der Waals surface area contributed by atoms with E-state index in [1.807, 2.05) is 13.8 Å². The molecule has 0 saturated heterocycles. The van der Waals surface area contributed by atoms with Crippen molar-refractivity contribution >= 4 is 12.0 Å². The van der Waals surface area contributed by atoms with Crippen LogP contribution in [0, 0.1) is 0 Å². The molecule has 1 aliphatic rings. The van der Waals surface area contributed by atoms with E-state index in [-0.39, 0.29) is 0 Å². The maximum atomic E-state index is 11.8. The number of ether oxygens (including phenoxy) is 1. The van der Waals surface area contributed by atoms with E-state index in [1.165, 1.54) is 0 Å². The summed E-state index contributed by atoms with van der Waals surface area (Å²) in [4.78, 5) is 23.2. The van der Waals surface area contributed by atoms with E-state index in [0.717, 1.165) is 19.3 Å². The van der Waals surface area contributed by atoms with Crippen LogP contribution in [0.15, 0.2) is 0 Å². The molecule has 6 nitrogen and oxygen atoms in total. The summed E-state index contributed by atoms with van der Waals surface area (Å²) in [5, 5.41) is 14.6. The van der Waals surface area contributed by atoms with Crippen molar-refractivity contribution in [2.45, 2.75) is 57.1 Å².